The number of nitro benzene ring substituents is 1. The second-order valence-corrected chi connectivity index (χ2v) is 6.24. The number of nitro groups is 1. The Morgan fingerprint density at radius 2 is 1.86 bits per heavy atom. The van der Waals surface area contributed by atoms with Gasteiger partial charge in [0.1, 0.15) is 17.0 Å². The van der Waals surface area contributed by atoms with Gasteiger partial charge in [0.15, 0.2) is 0 Å². The number of methoxy groups -OCH3 is 1. The lowest BCUT2D eigenvalue weighted by molar-refractivity contribution is -0.384. The molecule has 0 fully saturated rings. The number of benzene rings is 3. The summed E-state index contributed by atoms with van der Waals surface area (Å²) in [5.41, 5.74) is -0.760. The van der Waals surface area contributed by atoms with Crippen LogP contribution in [0.1, 0.15) is 10.4 Å². The van der Waals surface area contributed by atoms with Crippen LogP contribution in [0.3, 0.4) is 0 Å². The van der Waals surface area contributed by atoms with Crippen LogP contribution in [0.5, 0.6) is 5.75 Å². The van der Waals surface area contributed by atoms with Crippen LogP contribution in [-0.4, -0.2) is 17.9 Å². The number of ether oxygens (including phenoxy) is 1. The van der Waals surface area contributed by atoms with E-state index in [2.05, 4.69) is 5.32 Å². The summed E-state index contributed by atoms with van der Waals surface area (Å²) >= 11 is 0. The van der Waals surface area contributed by atoms with E-state index in [-0.39, 0.29) is 22.7 Å². The fourth-order valence-corrected chi connectivity index (χ4v) is 3.14. The van der Waals surface area contributed by atoms with Crippen LogP contribution >= 0.6 is 0 Å². The van der Waals surface area contributed by atoms with E-state index in [9.17, 15) is 19.7 Å². The number of hydrogen-bond acceptors (Lipinski definition) is 6. The van der Waals surface area contributed by atoms with Gasteiger partial charge in [-0.25, -0.2) is 4.79 Å². The molecule has 0 saturated heterocycles. The summed E-state index contributed by atoms with van der Waals surface area (Å²) in [5, 5.41) is 16.0. The standard InChI is InChI=1S/C21H14N2O6/c1-28-18-9-7-13(23(26)27)10-16(18)20(24)22-17-11-15-14-5-3-2-4-12(14)6-8-19(15)29-21(17)25/h2-11H,1H3,(H,22,24). The summed E-state index contributed by atoms with van der Waals surface area (Å²) in [5.74, 6) is -0.582. The average Bonchev–Trinajstić information content (AvgIpc) is 2.73. The second-order valence-electron chi connectivity index (χ2n) is 6.24. The third-order valence-electron chi connectivity index (χ3n) is 4.53. The Morgan fingerprint density at radius 1 is 1.07 bits per heavy atom. The Morgan fingerprint density at radius 3 is 2.62 bits per heavy atom. The summed E-state index contributed by atoms with van der Waals surface area (Å²) in [6, 6.07) is 16.3. The van der Waals surface area contributed by atoms with Crippen LogP contribution in [-0.2, 0) is 0 Å². The fraction of sp³-hybridized carbons (Fsp3) is 0.0476. The highest BCUT2D eigenvalue weighted by Crippen LogP contribution is 2.28. The monoisotopic (exact) mass is 390 g/mol. The molecule has 3 aromatic carbocycles. The number of anilines is 1. The zero-order chi connectivity index (χ0) is 20.5. The first kappa shape index (κ1) is 18.2. The van der Waals surface area contributed by atoms with Gasteiger partial charge in [0.25, 0.3) is 11.6 Å². The molecule has 144 valence electrons. The number of non-ortho nitro benzene ring substituents is 1. The minimum Gasteiger partial charge on any atom is -0.496 e. The van der Waals surface area contributed by atoms with Gasteiger partial charge in [-0.3, -0.25) is 14.9 Å². The maximum absolute atomic E-state index is 12.7. The maximum atomic E-state index is 12.7. The average molecular weight is 390 g/mol. The zero-order valence-corrected chi connectivity index (χ0v) is 15.2. The first-order valence-corrected chi connectivity index (χ1v) is 8.57. The van der Waals surface area contributed by atoms with E-state index in [4.69, 9.17) is 9.15 Å². The Kier molecular flexibility index (Phi) is 4.44. The number of nitrogens with zero attached hydrogens (tertiary/aromatic N) is 1. The minimum absolute atomic E-state index is 0.0703. The predicted octanol–water partition coefficient (Wildman–Crippen LogP) is 4.12. The number of carbonyl (C=O) groups excluding carboxylic acids is 1. The van der Waals surface area contributed by atoms with Crippen molar-refractivity contribution < 1.29 is 18.9 Å². The molecule has 0 aliphatic carbocycles. The lowest BCUT2D eigenvalue weighted by Crippen LogP contribution is -2.18. The van der Waals surface area contributed by atoms with Gasteiger partial charge in [-0.15, -0.1) is 0 Å². The number of fused-ring (bicyclic) bond motifs is 3. The van der Waals surface area contributed by atoms with Gasteiger partial charge in [0.05, 0.1) is 17.6 Å². The van der Waals surface area contributed by atoms with E-state index in [1.54, 1.807) is 6.07 Å². The van der Waals surface area contributed by atoms with Gasteiger partial charge in [0, 0.05) is 17.5 Å². The van der Waals surface area contributed by atoms with Crippen molar-refractivity contribution in [3.05, 3.63) is 86.8 Å². The molecule has 0 aliphatic heterocycles. The minimum atomic E-state index is -0.731. The van der Waals surface area contributed by atoms with Gasteiger partial charge < -0.3 is 14.5 Å². The topological polar surface area (TPSA) is 112 Å². The summed E-state index contributed by atoms with van der Waals surface area (Å²) in [7, 11) is 1.34. The van der Waals surface area contributed by atoms with Gasteiger partial charge in [0.2, 0.25) is 0 Å². The number of rotatable bonds is 4. The van der Waals surface area contributed by atoms with E-state index < -0.39 is 16.5 Å². The molecule has 0 unspecified atom stereocenters. The lowest BCUT2D eigenvalue weighted by atomic mass is 10.1. The molecular formula is C21H14N2O6. The molecule has 8 heteroatoms. The molecule has 0 spiro atoms. The van der Waals surface area contributed by atoms with E-state index in [0.29, 0.717) is 11.0 Å². The summed E-state index contributed by atoms with van der Waals surface area (Å²) in [4.78, 5) is 35.5. The molecule has 29 heavy (non-hydrogen) atoms. The molecule has 0 atom stereocenters. The highest BCUT2D eigenvalue weighted by molar-refractivity contribution is 6.09. The van der Waals surface area contributed by atoms with E-state index in [1.165, 1.54) is 25.3 Å². The zero-order valence-electron chi connectivity index (χ0n) is 15.2. The predicted molar refractivity (Wildman–Crippen MR) is 108 cm³/mol. The molecule has 1 aromatic heterocycles. The van der Waals surface area contributed by atoms with Crippen molar-refractivity contribution in [1.82, 2.24) is 0 Å². The number of nitrogens with one attached hydrogen (secondary N) is 1. The highest BCUT2D eigenvalue weighted by atomic mass is 16.6. The van der Waals surface area contributed by atoms with Crippen molar-refractivity contribution in [2.45, 2.75) is 0 Å². The second kappa shape index (κ2) is 7.08. The number of hydrogen-bond donors (Lipinski definition) is 1. The van der Waals surface area contributed by atoms with E-state index in [1.807, 2.05) is 30.3 Å². The van der Waals surface area contributed by atoms with Crippen LogP contribution in [0.15, 0.2) is 69.9 Å². The van der Waals surface area contributed by atoms with Crippen molar-refractivity contribution in [1.29, 1.82) is 0 Å². The van der Waals surface area contributed by atoms with Gasteiger partial charge >= 0.3 is 5.63 Å². The molecule has 0 saturated carbocycles. The van der Waals surface area contributed by atoms with Crippen molar-refractivity contribution >= 4 is 39.0 Å². The summed E-state index contributed by atoms with van der Waals surface area (Å²) < 4.78 is 10.5. The van der Waals surface area contributed by atoms with Gasteiger partial charge in [-0.2, -0.15) is 0 Å². The molecule has 8 nitrogen and oxygen atoms in total. The fourth-order valence-electron chi connectivity index (χ4n) is 3.14. The smallest absolute Gasteiger partial charge is 0.360 e. The van der Waals surface area contributed by atoms with Crippen LogP contribution in [0.25, 0.3) is 21.7 Å². The number of amides is 1. The Balaban J connectivity index is 1.80. The normalized spacial score (nSPS) is 10.8. The van der Waals surface area contributed by atoms with Crippen LogP contribution in [0, 0.1) is 10.1 Å². The molecule has 4 rings (SSSR count). The SMILES string of the molecule is COc1ccc([N+](=O)[O-])cc1C(=O)Nc1cc2c(ccc3ccccc32)oc1=O. The molecule has 0 bridgehead atoms. The number of carbonyl (C=O) groups is 1. The third kappa shape index (κ3) is 3.27. The Hall–Kier alpha value is -4.20. The molecule has 0 aliphatic rings. The lowest BCUT2D eigenvalue weighted by Gasteiger charge is -2.10. The molecule has 1 heterocycles. The van der Waals surface area contributed by atoms with Gasteiger partial charge in [-0.1, -0.05) is 30.3 Å². The highest BCUT2D eigenvalue weighted by Gasteiger charge is 2.19. The molecular weight excluding hydrogens is 376 g/mol. The summed E-state index contributed by atoms with van der Waals surface area (Å²) in [6.07, 6.45) is 0. The summed E-state index contributed by atoms with van der Waals surface area (Å²) in [6.45, 7) is 0. The molecule has 1 amide bonds. The molecule has 4 aromatic rings. The van der Waals surface area contributed by atoms with Gasteiger partial charge in [-0.05, 0) is 29.0 Å². The van der Waals surface area contributed by atoms with E-state index in [0.717, 1.165) is 16.8 Å². The molecule has 0 radical (unpaired) electrons. The van der Waals surface area contributed by atoms with Crippen molar-refractivity contribution in [3.63, 3.8) is 0 Å². The van der Waals surface area contributed by atoms with E-state index >= 15 is 0 Å². The Bertz CT molecular complexity index is 1340. The quantitative estimate of drug-likeness (QED) is 0.243. The third-order valence-corrected chi connectivity index (χ3v) is 4.53. The van der Waals surface area contributed by atoms with Crippen LogP contribution in [0.4, 0.5) is 11.4 Å². The van der Waals surface area contributed by atoms with Crippen molar-refractivity contribution in [3.8, 4) is 5.75 Å². The largest absolute Gasteiger partial charge is 0.496 e. The van der Waals surface area contributed by atoms with Crippen LogP contribution < -0.4 is 15.7 Å². The van der Waals surface area contributed by atoms with Crippen molar-refractivity contribution in [2.24, 2.45) is 0 Å². The molecule has 1 N–H and O–H groups in total. The van der Waals surface area contributed by atoms with Crippen LogP contribution in [0.2, 0.25) is 0 Å². The first-order chi connectivity index (χ1) is 14.0. The first-order valence-electron chi connectivity index (χ1n) is 8.57. The Labute approximate surface area is 163 Å². The maximum Gasteiger partial charge on any atom is 0.360 e. The van der Waals surface area contributed by atoms with Crippen molar-refractivity contribution in [2.75, 3.05) is 12.4 Å².